The van der Waals surface area contributed by atoms with Crippen LogP contribution in [0.4, 0.5) is 4.39 Å². The van der Waals surface area contributed by atoms with Crippen LogP contribution in [0, 0.1) is 5.82 Å². The Hall–Kier alpha value is -0.700. The van der Waals surface area contributed by atoms with Gasteiger partial charge in [-0.25, -0.2) is 17.6 Å². The third kappa shape index (κ3) is 5.21. The Morgan fingerprint density at radius 3 is 2.62 bits per heavy atom. The van der Waals surface area contributed by atoms with Crippen molar-refractivity contribution in [3.8, 4) is 0 Å². The maximum absolute atomic E-state index is 13.6. The fourth-order valence-corrected chi connectivity index (χ4v) is 2.82. The van der Waals surface area contributed by atoms with Crippen LogP contribution in [0.5, 0.6) is 0 Å². The second kappa shape index (κ2) is 7.53. The molecule has 0 radical (unpaired) electrons. The maximum Gasteiger partial charge on any atom is 0.339 e. The minimum atomic E-state index is -4.30. The highest BCUT2D eigenvalue weighted by atomic mass is 79.9. The van der Waals surface area contributed by atoms with Crippen LogP contribution in [-0.2, 0) is 18.5 Å². The summed E-state index contributed by atoms with van der Waals surface area (Å²) in [5, 5.41) is 0. The highest BCUT2D eigenvalue weighted by molar-refractivity contribution is 9.10. The van der Waals surface area contributed by atoms with Gasteiger partial charge in [-0.15, -0.1) is 0 Å². The lowest BCUT2D eigenvalue weighted by Crippen LogP contribution is -2.21. The van der Waals surface area contributed by atoms with Crippen molar-refractivity contribution in [1.29, 1.82) is 0 Å². The van der Waals surface area contributed by atoms with E-state index in [0.29, 0.717) is 6.61 Å². The van der Waals surface area contributed by atoms with Gasteiger partial charge < -0.3 is 9.47 Å². The molecular formula is C12H13BrClFO5S. The number of halogens is 3. The summed E-state index contributed by atoms with van der Waals surface area (Å²) in [6.45, 7) is 4.07. The van der Waals surface area contributed by atoms with Crippen LogP contribution in [0.3, 0.4) is 0 Å². The summed E-state index contributed by atoms with van der Waals surface area (Å²) in [6, 6.07) is 1.68. The van der Waals surface area contributed by atoms with Crippen molar-refractivity contribution in [3.05, 3.63) is 28.0 Å². The molecule has 0 saturated carbocycles. The first kappa shape index (κ1) is 18.3. The molecule has 0 amide bonds. The maximum atomic E-state index is 13.6. The number of rotatable bonds is 6. The molecule has 118 valence electrons. The summed E-state index contributed by atoms with van der Waals surface area (Å²) >= 11 is 2.98. The highest BCUT2D eigenvalue weighted by Crippen LogP contribution is 2.27. The zero-order chi connectivity index (χ0) is 16.2. The number of esters is 1. The van der Waals surface area contributed by atoms with Crippen LogP contribution < -0.4 is 0 Å². The third-order valence-corrected chi connectivity index (χ3v) is 4.36. The van der Waals surface area contributed by atoms with Gasteiger partial charge in [0.05, 0.1) is 12.2 Å². The molecule has 21 heavy (non-hydrogen) atoms. The molecule has 1 atom stereocenters. The molecule has 0 aliphatic carbocycles. The van der Waals surface area contributed by atoms with Gasteiger partial charge in [-0.2, -0.15) is 0 Å². The Labute approximate surface area is 134 Å². The second-order valence-corrected chi connectivity index (χ2v) is 7.46. The first-order valence-corrected chi connectivity index (χ1v) is 8.99. The summed E-state index contributed by atoms with van der Waals surface area (Å²) in [7, 11) is 0.807. The summed E-state index contributed by atoms with van der Waals surface area (Å²) in [5.74, 6) is -1.87. The molecule has 0 aromatic heterocycles. The fourth-order valence-electron chi connectivity index (χ4n) is 1.44. The number of ether oxygens (including phenoxy) is 2. The molecule has 1 aromatic carbocycles. The quantitative estimate of drug-likeness (QED) is 0.539. The van der Waals surface area contributed by atoms with E-state index in [4.69, 9.17) is 20.2 Å². The Morgan fingerprint density at radius 2 is 2.10 bits per heavy atom. The monoisotopic (exact) mass is 402 g/mol. The largest absolute Gasteiger partial charge is 0.457 e. The van der Waals surface area contributed by atoms with Crippen LogP contribution in [0.15, 0.2) is 21.5 Å². The Bertz CT molecular complexity index is 635. The van der Waals surface area contributed by atoms with E-state index in [1.807, 2.05) is 0 Å². The highest BCUT2D eigenvalue weighted by Gasteiger charge is 2.23. The molecule has 0 fully saturated rings. The van der Waals surface area contributed by atoms with Crippen molar-refractivity contribution < 1.29 is 27.1 Å². The van der Waals surface area contributed by atoms with E-state index < -0.39 is 31.8 Å². The molecule has 0 spiro atoms. The van der Waals surface area contributed by atoms with Gasteiger partial charge in [-0.1, -0.05) is 0 Å². The molecule has 0 bridgehead atoms. The zero-order valence-corrected chi connectivity index (χ0v) is 14.4. The Kier molecular flexibility index (Phi) is 6.58. The average Bonchev–Trinajstić information content (AvgIpc) is 2.34. The Balaban J connectivity index is 3.05. The van der Waals surface area contributed by atoms with E-state index >= 15 is 0 Å². The second-order valence-electron chi connectivity index (χ2n) is 4.08. The van der Waals surface area contributed by atoms with Gasteiger partial charge in [0.1, 0.15) is 16.8 Å². The van der Waals surface area contributed by atoms with E-state index in [1.54, 1.807) is 13.8 Å². The molecule has 0 aliphatic rings. The SMILES string of the molecule is CCOCC(C)OC(=O)c1cc(S(=O)(=O)Cl)c(F)cc1Br. The van der Waals surface area contributed by atoms with Crippen molar-refractivity contribution in [3.63, 3.8) is 0 Å². The van der Waals surface area contributed by atoms with E-state index in [0.717, 1.165) is 12.1 Å². The van der Waals surface area contributed by atoms with Crippen molar-refractivity contribution >= 4 is 41.6 Å². The van der Waals surface area contributed by atoms with Gasteiger partial charge in [0.25, 0.3) is 9.05 Å². The van der Waals surface area contributed by atoms with Crippen LogP contribution in [0.1, 0.15) is 24.2 Å². The predicted molar refractivity (Wildman–Crippen MR) is 78.5 cm³/mol. The molecule has 0 saturated heterocycles. The first-order chi connectivity index (χ1) is 9.66. The summed E-state index contributed by atoms with van der Waals surface area (Å²) in [5.41, 5.74) is -0.140. The lowest BCUT2D eigenvalue weighted by Gasteiger charge is -2.14. The van der Waals surface area contributed by atoms with Crippen molar-refractivity contribution in [1.82, 2.24) is 0 Å². The van der Waals surface area contributed by atoms with Crippen LogP contribution >= 0.6 is 26.6 Å². The molecule has 5 nitrogen and oxygen atoms in total. The number of hydrogen-bond donors (Lipinski definition) is 0. The molecular weight excluding hydrogens is 391 g/mol. The normalized spacial score (nSPS) is 13.0. The fraction of sp³-hybridized carbons (Fsp3) is 0.417. The van der Waals surface area contributed by atoms with Crippen LogP contribution in [0.2, 0.25) is 0 Å². The zero-order valence-electron chi connectivity index (χ0n) is 11.2. The summed E-state index contributed by atoms with van der Waals surface area (Å²) < 4.78 is 46.3. The lowest BCUT2D eigenvalue weighted by molar-refractivity contribution is 0.00428. The number of carbonyl (C=O) groups excluding carboxylic acids is 1. The van der Waals surface area contributed by atoms with Crippen molar-refractivity contribution in [2.24, 2.45) is 0 Å². The number of benzene rings is 1. The van der Waals surface area contributed by atoms with E-state index in [9.17, 15) is 17.6 Å². The predicted octanol–water partition coefficient (Wildman–Crippen LogP) is 3.10. The Morgan fingerprint density at radius 1 is 1.48 bits per heavy atom. The third-order valence-electron chi connectivity index (χ3n) is 2.37. The lowest BCUT2D eigenvalue weighted by atomic mass is 10.2. The van der Waals surface area contributed by atoms with Crippen molar-refractivity contribution in [2.75, 3.05) is 13.2 Å². The summed E-state index contributed by atoms with van der Waals surface area (Å²) in [4.78, 5) is 11.2. The minimum Gasteiger partial charge on any atom is -0.457 e. The van der Waals surface area contributed by atoms with Gasteiger partial charge >= 0.3 is 5.97 Å². The van der Waals surface area contributed by atoms with E-state index in [2.05, 4.69) is 15.9 Å². The van der Waals surface area contributed by atoms with Crippen LogP contribution in [0.25, 0.3) is 0 Å². The molecule has 1 rings (SSSR count). The number of carbonyl (C=O) groups is 1. The smallest absolute Gasteiger partial charge is 0.339 e. The van der Waals surface area contributed by atoms with E-state index in [-0.39, 0.29) is 16.6 Å². The topological polar surface area (TPSA) is 69.7 Å². The molecule has 9 heteroatoms. The van der Waals surface area contributed by atoms with Crippen molar-refractivity contribution in [2.45, 2.75) is 24.8 Å². The van der Waals surface area contributed by atoms with Gasteiger partial charge in [0.2, 0.25) is 0 Å². The first-order valence-electron chi connectivity index (χ1n) is 5.89. The van der Waals surface area contributed by atoms with Gasteiger partial charge in [0, 0.05) is 21.8 Å². The van der Waals surface area contributed by atoms with Crippen LogP contribution in [-0.4, -0.2) is 33.7 Å². The molecule has 1 aromatic rings. The molecule has 1 unspecified atom stereocenters. The molecule has 0 aliphatic heterocycles. The minimum absolute atomic E-state index is 0.0673. The standard InChI is InChI=1S/C12H13BrClFO5S/c1-3-19-6-7(2)20-12(16)8-4-11(21(14,17)18)10(15)5-9(8)13/h4-5,7H,3,6H2,1-2H3. The average molecular weight is 404 g/mol. The van der Waals surface area contributed by atoms with E-state index in [1.165, 1.54) is 0 Å². The molecule has 0 heterocycles. The molecule has 0 N–H and O–H groups in total. The van der Waals surface area contributed by atoms with Gasteiger partial charge in [0.15, 0.2) is 0 Å². The number of hydrogen-bond acceptors (Lipinski definition) is 5. The van der Waals surface area contributed by atoms with Gasteiger partial charge in [-0.05, 0) is 41.9 Å². The van der Waals surface area contributed by atoms with Gasteiger partial charge in [-0.3, -0.25) is 0 Å². The summed E-state index contributed by atoms with van der Waals surface area (Å²) in [6.07, 6.45) is -0.537.